The van der Waals surface area contributed by atoms with Crippen molar-refractivity contribution in [1.82, 2.24) is 29.1 Å². The molecule has 0 saturated heterocycles. The summed E-state index contributed by atoms with van der Waals surface area (Å²) in [6.45, 7) is 0. The third kappa shape index (κ3) is 5.88. The Morgan fingerprint density at radius 3 is 1.40 bits per heavy atom. The SMILES string of the molecule is c1ccc(-c2cccc(-c3ccc(-n4c5ccccc5c5ccc6c7ccccc7n(-c7nc(-c8ccccc8)nc(-c8ccccc8-c8ccccc8)n7)c6c54)cc3)n2)cc1. The zero-order valence-corrected chi connectivity index (χ0v) is 33.5. The molecule has 0 radical (unpaired) electrons. The van der Waals surface area contributed by atoms with Crippen molar-refractivity contribution < 1.29 is 0 Å². The molecular formula is C56H36N6. The normalized spacial score (nSPS) is 11.5. The average molecular weight is 793 g/mol. The first-order valence-electron chi connectivity index (χ1n) is 20.8. The van der Waals surface area contributed by atoms with Crippen molar-refractivity contribution in [2.45, 2.75) is 0 Å². The number of benzene rings is 8. The minimum Gasteiger partial charge on any atom is -0.307 e. The van der Waals surface area contributed by atoms with E-state index in [4.69, 9.17) is 19.9 Å². The number of pyridine rings is 1. The Bertz CT molecular complexity index is 3610. The summed E-state index contributed by atoms with van der Waals surface area (Å²) in [6.07, 6.45) is 0. The fourth-order valence-electron chi connectivity index (χ4n) is 8.97. The maximum absolute atomic E-state index is 5.42. The van der Waals surface area contributed by atoms with E-state index >= 15 is 0 Å². The van der Waals surface area contributed by atoms with Crippen molar-refractivity contribution in [2.75, 3.05) is 0 Å². The van der Waals surface area contributed by atoms with Gasteiger partial charge in [0.05, 0.1) is 33.5 Å². The lowest BCUT2D eigenvalue weighted by Gasteiger charge is -2.14. The van der Waals surface area contributed by atoms with Gasteiger partial charge in [-0.2, -0.15) is 9.97 Å². The van der Waals surface area contributed by atoms with Gasteiger partial charge in [-0.05, 0) is 47.5 Å². The molecular weight excluding hydrogens is 757 g/mol. The van der Waals surface area contributed by atoms with E-state index < -0.39 is 0 Å². The second kappa shape index (κ2) is 14.7. The van der Waals surface area contributed by atoms with E-state index in [2.05, 4.69) is 185 Å². The molecule has 4 heterocycles. The lowest BCUT2D eigenvalue weighted by molar-refractivity contribution is 0.953. The number of aromatic nitrogens is 6. The van der Waals surface area contributed by atoms with E-state index in [0.29, 0.717) is 17.6 Å². The highest BCUT2D eigenvalue weighted by molar-refractivity contribution is 6.23. The lowest BCUT2D eigenvalue weighted by Crippen LogP contribution is -2.07. The van der Waals surface area contributed by atoms with Crippen LogP contribution in [0.2, 0.25) is 0 Å². The minimum atomic E-state index is 0.548. The van der Waals surface area contributed by atoms with Crippen LogP contribution < -0.4 is 0 Å². The standard InChI is InChI=1S/C56H36N6/c1-4-17-37(18-5-1)42-23-10-11-26-47(42)55-58-54(40-21-8-3-9-22-40)59-56(60-55)62-51-30-15-13-25-44(51)46-36-35-45-43-24-12-14-29-50(43)61(52(45)53(46)62)41-33-31-39(32-34-41)49-28-16-27-48(57-49)38-19-6-2-7-20-38/h1-36H. The molecule has 62 heavy (non-hydrogen) atoms. The molecule has 0 amide bonds. The zero-order chi connectivity index (χ0) is 41.0. The van der Waals surface area contributed by atoms with Crippen molar-refractivity contribution >= 4 is 43.6 Å². The Hall–Kier alpha value is -8.48. The van der Waals surface area contributed by atoms with Gasteiger partial charge in [0.25, 0.3) is 0 Å². The molecule has 12 aromatic rings. The van der Waals surface area contributed by atoms with Crippen LogP contribution in [0, 0.1) is 0 Å². The van der Waals surface area contributed by atoms with Gasteiger partial charge in [-0.3, -0.25) is 4.57 Å². The van der Waals surface area contributed by atoms with Crippen LogP contribution in [-0.4, -0.2) is 29.1 Å². The molecule has 0 fully saturated rings. The van der Waals surface area contributed by atoms with Gasteiger partial charge in [-0.15, -0.1) is 0 Å². The van der Waals surface area contributed by atoms with E-state index in [1.807, 2.05) is 42.5 Å². The van der Waals surface area contributed by atoms with Crippen molar-refractivity contribution in [1.29, 1.82) is 0 Å². The Labute approximate surface area is 357 Å². The van der Waals surface area contributed by atoms with Crippen LogP contribution in [0.15, 0.2) is 218 Å². The summed E-state index contributed by atoms with van der Waals surface area (Å²) >= 11 is 0. The molecule has 4 aromatic heterocycles. The fraction of sp³-hybridized carbons (Fsp3) is 0. The van der Waals surface area contributed by atoms with Gasteiger partial charge in [0, 0.05) is 49.5 Å². The van der Waals surface area contributed by atoms with Gasteiger partial charge in [0.2, 0.25) is 5.95 Å². The molecule has 290 valence electrons. The predicted octanol–water partition coefficient (Wildman–Crippen LogP) is 13.8. The molecule has 6 nitrogen and oxygen atoms in total. The predicted molar refractivity (Wildman–Crippen MR) is 253 cm³/mol. The maximum Gasteiger partial charge on any atom is 0.238 e. The van der Waals surface area contributed by atoms with Crippen LogP contribution in [0.25, 0.3) is 112 Å². The smallest absolute Gasteiger partial charge is 0.238 e. The van der Waals surface area contributed by atoms with Gasteiger partial charge in [0.15, 0.2) is 11.6 Å². The van der Waals surface area contributed by atoms with E-state index in [1.54, 1.807) is 0 Å². The number of para-hydroxylation sites is 2. The number of hydrogen-bond donors (Lipinski definition) is 0. The van der Waals surface area contributed by atoms with Crippen LogP contribution in [0.4, 0.5) is 0 Å². The topological polar surface area (TPSA) is 61.4 Å². The van der Waals surface area contributed by atoms with E-state index in [9.17, 15) is 0 Å². The summed E-state index contributed by atoms with van der Waals surface area (Å²) in [7, 11) is 0. The van der Waals surface area contributed by atoms with Gasteiger partial charge in [-0.1, -0.05) is 182 Å². The maximum atomic E-state index is 5.42. The van der Waals surface area contributed by atoms with E-state index in [1.165, 1.54) is 5.39 Å². The molecule has 12 rings (SSSR count). The van der Waals surface area contributed by atoms with Gasteiger partial charge in [0.1, 0.15) is 0 Å². The van der Waals surface area contributed by atoms with Gasteiger partial charge in [-0.25, -0.2) is 9.97 Å². The van der Waals surface area contributed by atoms with Crippen molar-refractivity contribution in [2.24, 2.45) is 0 Å². The first kappa shape index (κ1) is 35.5. The molecule has 0 spiro atoms. The van der Waals surface area contributed by atoms with Crippen LogP contribution in [-0.2, 0) is 0 Å². The Balaban J connectivity index is 1.12. The molecule has 0 unspecified atom stereocenters. The summed E-state index contributed by atoms with van der Waals surface area (Å²) < 4.78 is 4.64. The second-order valence-electron chi connectivity index (χ2n) is 15.4. The van der Waals surface area contributed by atoms with E-state index in [0.717, 1.165) is 88.7 Å². The summed E-state index contributed by atoms with van der Waals surface area (Å²) in [4.78, 5) is 21.0. The fourth-order valence-corrected chi connectivity index (χ4v) is 8.97. The van der Waals surface area contributed by atoms with Crippen LogP contribution in [0.5, 0.6) is 0 Å². The lowest BCUT2D eigenvalue weighted by atomic mass is 9.99. The van der Waals surface area contributed by atoms with Crippen LogP contribution in [0.3, 0.4) is 0 Å². The van der Waals surface area contributed by atoms with Crippen LogP contribution >= 0.6 is 0 Å². The molecule has 0 aliphatic carbocycles. The Kier molecular flexibility index (Phi) is 8.38. The molecule has 8 aromatic carbocycles. The Morgan fingerprint density at radius 1 is 0.274 bits per heavy atom. The summed E-state index contributed by atoms with van der Waals surface area (Å²) in [6, 6.07) is 76.1. The molecule has 0 aliphatic rings. The third-order valence-corrected chi connectivity index (χ3v) is 11.8. The van der Waals surface area contributed by atoms with Crippen molar-refractivity contribution in [3.63, 3.8) is 0 Å². The van der Waals surface area contributed by atoms with Crippen molar-refractivity contribution in [3.8, 4) is 68.1 Å². The highest BCUT2D eigenvalue weighted by atomic mass is 15.2. The van der Waals surface area contributed by atoms with Crippen molar-refractivity contribution in [3.05, 3.63) is 218 Å². The van der Waals surface area contributed by atoms with Crippen LogP contribution in [0.1, 0.15) is 0 Å². The molecule has 0 aliphatic heterocycles. The quantitative estimate of drug-likeness (QED) is 0.161. The van der Waals surface area contributed by atoms with Gasteiger partial charge < -0.3 is 4.57 Å². The number of hydrogen-bond acceptors (Lipinski definition) is 4. The summed E-state index contributed by atoms with van der Waals surface area (Å²) in [5, 5.41) is 4.54. The summed E-state index contributed by atoms with van der Waals surface area (Å²) in [5.74, 6) is 1.76. The molecule has 0 saturated carbocycles. The molecule has 6 heteroatoms. The third-order valence-electron chi connectivity index (χ3n) is 11.8. The number of nitrogens with zero attached hydrogens (tertiary/aromatic N) is 6. The van der Waals surface area contributed by atoms with E-state index in [-0.39, 0.29) is 0 Å². The highest BCUT2D eigenvalue weighted by Crippen LogP contribution is 2.42. The van der Waals surface area contributed by atoms with Gasteiger partial charge >= 0.3 is 0 Å². The molecule has 0 atom stereocenters. The Morgan fingerprint density at radius 2 is 0.758 bits per heavy atom. The first-order chi connectivity index (χ1) is 30.8. The molecule has 0 bridgehead atoms. The minimum absolute atomic E-state index is 0.548. The summed E-state index contributed by atoms with van der Waals surface area (Å²) in [5.41, 5.74) is 13.3. The molecule has 0 N–H and O–H groups in total. The highest BCUT2D eigenvalue weighted by Gasteiger charge is 2.24. The largest absolute Gasteiger partial charge is 0.307 e. The number of rotatable bonds is 7. The average Bonchev–Trinajstić information content (AvgIpc) is 3.88. The monoisotopic (exact) mass is 792 g/mol. The second-order valence-corrected chi connectivity index (χ2v) is 15.4. The number of fused-ring (bicyclic) bond motifs is 7. The zero-order valence-electron chi connectivity index (χ0n) is 33.5. The first-order valence-corrected chi connectivity index (χ1v) is 20.8.